The monoisotopic (exact) mass is 139 g/mol. The second-order valence-electron chi connectivity index (χ2n) is 2.43. The van der Waals surface area contributed by atoms with Crippen molar-refractivity contribution in [2.24, 2.45) is 5.73 Å². The van der Waals surface area contributed by atoms with Gasteiger partial charge in [0.1, 0.15) is 0 Å². The Morgan fingerprint density at radius 1 is 1.80 bits per heavy atom. The summed E-state index contributed by atoms with van der Waals surface area (Å²) in [5, 5.41) is 0. The van der Waals surface area contributed by atoms with Crippen LogP contribution in [0.2, 0.25) is 0 Å². The van der Waals surface area contributed by atoms with Crippen LogP contribution in [0, 0.1) is 0 Å². The molecule has 0 aromatic carbocycles. The topological polar surface area (TPSA) is 35.2 Å². The third-order valence-corrected chi connectivity index (χ3v) is 1.63. The Balaban J connectivity index is 2.53. The van der Waals surface area contributed by atoms with Crippen molar-refractivity contribution < 1.29 is 4.74 Å². The van der Waals surface area contributed by atoms with Gasteiger partial charge in [0, 0.05) is 6.54 Å². The first-order chi connectivity index (χ1) is 4.84. The van der Waals surface area contributed by atoms with E-state index in [1.807, 2.05) is 0 Å². The molecule has 0 bridgehead atoms. The Labute approximate surface area is 61.4 Å². The average Bonchev–Trinajstić information content (AvgIpc) is 2.05. The minimum Gasteiger partial charge on any atom is -0.501 e. The molecule has 1 aliphatic heterocycles. The lowest BCUT2D eigenvalue weighted by molar-refractivity contribution is 0.226. The first-order valence-electron chi connectivity index (χ1n) is 3.53. The summed E-state index contributed by atoms with van der Waals surface area (Å²) in [4.78, 5) is 0. The number of hydrogen-bond acceptors (Lipinski definition) is 2. The summed E-state index contributed by atoms with van der Waals surface area (Å²) in [5.41, 5.74) is 7.58. The zero-order valence-corrected chi connectivity index (χ0v) is 6.10. The van der Waals surface area contributed by atoms with Gasteiger partial charge in [0.25, 0.3) is 0 Å². The van der Waals surface area contributed by atoms with Gasteiger partial charge in [-0.2, -0.15) is 0 Å². The molecule has 1 aliphatic rings. The molecule has 0 unspecified atom stereocenters. The van der Waals surface area contributed by atoms with E-state index in [9.17, 15) is 0 Å². The quantitative estimate of drug-likeness (QED) is 0.623. The molecule has 0 saturated heterocycles. The van der Waals surface area contributed by atoms with Gasteiger partial charge >= 0.3 is 0 Å². The van der Waals surface area contributed by atoms with Crippen LogP contribution in [0.4, 0.5) is 0 Å². The van der Waals surface area contributed by atoms with Gasteiger partial charge in [0.2, 0.25) is 0 Å². The first kappa shape index (κ1) is 7.35. The molecular formula is C8H13NO. The highest BCUT2D eigenvalue weighted by Gasteiger charge is 2.05. The molecule has 0 aliphatic carbocycles. The SMILES string of the molecule is C=C(CN)C1=COCCC1. The molecular weight excluding hydrogens is 126 g/mol. The van der Waals surface area contributed by atoms with Crippen molar-refractivity contribution in [3.05, 3.63) is 24.0 Å². The molecule has 56 valence electrons. The maximum Gasteiger partial charge on any atom is 0.0876 e. The Morgan fingerprint density at radius 2 is 2.60 bits per heavy atom. The van der Waals surface area contributed by atoms with Crippen LogP contribution in [0.5, 0.6) is 0 Å². The molecule has 1 heterocycles. The van der Waals surface area contributed by atoms with Gasteiger partial charge in [-0.1, -0.05) is 6.58 Å². The predicted molar refractivity (Wildman–Crippen MR) is 41.5 cm³/mol. The smallest absolute Gasteiger partial charge is 0.0876 e. The number of rotatable bonds is 2. The summed E-state index contributed by atoms with van der Waals surface area (Å²) >= 11 is 0. The number of hydrogen-bond donors (Lipinski definition) is 1. The molecule has 0 aromatic rings. The Kier molecular flexibility index (Phi) is 2.51. The van der Waals surface area contributed by atoms with Gasteiger partial charge in [-0.3, -0.25) is 0 Å². The van der Waals surface area contributed by atoms with E-state index in [2.05, 4.69) is 6.58 Å². The molecule has 10 heavy (non-hydrogen) atoms. The fourth-order valence-electron chi connectivity index (χ4n) is 0.956. The zero-order chi connectivity index (χ0) is 7.40. The molecule has 0 radical (unpaired) electrons. The maximum absolute atomic E-state index is 5.41. The van der Waals surface area contributed by atoms with Crippen LogP contribution in [0.3, 0.4) is 0 Å². The lowest BCUT2D eigenvalue weighted by atomic mass is 10.0. The van der Waals surface area contributed by atoms with Crippen molar-refractivity contribution in [3.8, 4) is 0 Å². The van der Waals surface area contributed by atoms with Crippen molar-refractivity contribution in [2.75, 3.05) is 13.2 Å². The van der Waals surface area contributed by atoms with Crippen molar-refractivity contribution in [2.45, 2.75) is 12.8 Å². The lowest BCUT2D eigenvalue weighted by Gasteiger charge is -2.14. The average molecular weight is 139 g/mol. The number of ether oxygens (including phenoxy) is 1. The minimum absolute atomic E-state index is 0.537. The van der Waals surface area contributed by atoms with Crippen molar-refractivity contribution in [1.82, 2.24) is 0 Å². The van der Waals surface area contributed by atoms with E-state index in [4.69, 9.17) is 10.5 Å². The van der Waals surface area contributed by atoms with E-state index in [1.54, 1.807) is 6.26 Å². The van der Waals surface area contributed by atoms with Gasteiger partial charge in [0.05, 0.1) is 12.9 Å². The Morgan fingerprint density at radius 3 is 3.10 bits per heavy atom. The molecule has 0 atom stereocenters. The van der Waals surface area contributed by atoms with E-state index in [-0.39, 0.29) is 0 Å². The van der Waals surface area contributed by atoms with E-state index in [1.165, 1.54) is 5.57 Å². The number of nitrogens with two attached hydrogens (primary N) is 1. The van der Waals surface area contributed by atoms with Crippen molar-refractivity contribution >= 4 is 0 Å². The zero-order valence-electron chi connectivity index (χ0n) is 6.10. The van der Waals surface area contributed by atoms with E-state index >= 15 is 0 Å². The normalized spacial score (nSPS) is 17.5. The molecule has 2 heteroatoms. The van der Waals surface area contributed by atoms with Crippen LogP contribution in [0.1, 0.15) is 12.8 Å². The van der Waals surface area contributed by atoms with Crippen LogP contribution < -0.4 is 5.73 Å². The van der Waals surface area contributed by atoms with E-state index < -0.39 is 0 Å². The molecule has 1 rings (SSSR count). The molecule has 0 aromatic heterocycles. The minimum atomic E-state index is 0.537. The van der Waals surface area contributed by atoms with Crippen LogP contribution in [-0.4, -0.2) is 13.2 Å². The van der Waals surface area contributed by atoms with E-state index in [0.717, 1.165) is 25.0 Å². The summed E-state index contributed by atoms with van der Waals surface area (Å²) in [6.45, 7) is 5.20. The fourth-order valence-corrected chi connectivity index (χ4v) is 0.956. The fraction of sp³-hybridized carbons (Fsp3) is 0.500. The third kappa shape index (κ3) is 1.61. The van der Waals surface area contributed by atoms with Gasteiger partial charge in [-0.15, -0.1) is 0 Å². The van der Waals surface area contributed by atoms with Crippen LogP contribution in [-0.2, 0) is 4.74 Å². The summed E-state index contributed by atoms with van der Waals surface area (Å²) in [7, 11) is 0. The maximum atomic E-state index is 5.41. The molecule has 0 fully saturated rings. The highest BCUT2D eigenvalue weighted by Crippen LogP contribution is 2.17. The van der Waals surface area contributed by atoms with Crippen molar-refractivity contribution in [3.63, 3.8) is 0 Å². The van der Waals surface area contributed by atoms with Crippen LogP contribution in [0.25, 0.3) is 0 Å². The molecule has 0 spiro atoms. The highest BCUT2D eigenvalue weighted by molar-refractivity contribution is 5.28. The standard InChI is InChI=1S/C8H13NO/c1-7(5-9)8-3-2-4-10-6-8/h6H,1-5,9H2. The molecule has 2 nitrogen and oxygen atoms in total. The lowest BCUT2D eigenvalue weighted by Crippen LogP contribution is -2.08. The van der Waals surface area contributed by atoms with Crippen LogP contribution >= 0.6 is 0 Å². The first-order valence-corrected chi connectivity index (χ1v) is 3.53. The Bertz CT molecular complexity index is 161. The predicted octanol–water partition coefficient (Wildman–Crippen LogP) is 1.20. The van der Waals surface area contributed by atoms with Crippen LogP contribution in [0.15, 0.2) is 24.0 Å². The van der Waals surface area contributed by atoms with Crippen molar-refractivity contribution in [1.29, 1.82) is 0 Å². The largest absolute Gasteiger partial charge is 0.501 e. The molecule has 0 amide bonds. The highest BCUT2D eigenvalue weighted by atomic mass is 16.5. The second-order valence-corrected chi connectivity index (χ2v) is 2.43. The molecule has 2 N–H and O–H groups in total. The molecule has 0 saturated carbocycles. The summed E-state index contributed by atoms with van der Waals surface area (Å²) < 4.78 is 5.13. The van der Waals surface area contributed by atoms with Gasteiger partial charge < -0.3 is 10.5 Å². The Hall–Kier alpha value is -0.760. The van der Waals surface area contributed by atoms with E-state index in [0.29, 0.717) is 6.54 Å². The third-order valence-electron chi connectivity index (χ3n) is 1.63. The summed E-state index contributed by atoms with van der Waals surface area (Å²) in [5.74, 6) is 0. The van der Waals surface area contributed by atoms with Gasteiger partial charge in [0.15, 0.2) is 0 Å². The summed E-state index contributed by atoms with van der Waals surface area (Å²) in [6.07, 6.45) is 3.93. The second kappa shape index (κ2) is 3.42. The summed E-state index contributed by atoms with van der Waals surface area (Å²) in [6, 6.07) is 0. The van der Waals surface area contributed by atoms with Gasteiger partial charge in [-0.25, -0.2) is 0 Å². The van der Waals surface area contributed by atoms with Gasteiger partial charge in [-0.05, 0) is 24.0 Å².